The molecule has 6 N–H and O–H groups in total. The Morgan fingerprint density at radius 3 is 2.35 bits per heavy atom. The Morgan fingerprint density at radius 2 is 1.71 bits per heavy atom. The molecule has 7 nitrogen and oxygen atoms in total. The first-order valence-corrected chi connectivity index (χ1v) is 12.0. The fourth-order valence-corrected chi connectivity index (χ4v) is 8.84. The first kappa shape index (κ1) is 23.4. The lowest BCUT2D eigenvalue weighted by Gasteiger charge is -2.66. The van der Waals surface area contributed by atoms with E-state index < -0.39 is 40.9 Å². The van der Waals surface area contributed by atoms with E-state index in [2.05, 4.69) is 13.8 Å². The first-order chi connectivity index (χ1) is 14.3. The summed E-state index contributed by atoms with van der Waals surface area (Å²) in [6, 6.07) is 0. The topological polar surface area (TPSA) is 138 Å². The number of hydrogen-bond donors (Lipinski definition) is 6. The quantitative estimate of drug-likeness (QED) is 0.366. The second kappa shape index (κ2) is 7.66. The average molecular weight is 441 g/mol. The number of aliphatic hydroxyl groups excluding tert-OH is 3. The monoisotopic (exact) mass is 440 g/mol. The van der Waals surface area contributed by atoms with Crippen molar-refractivity contribution in [1.29, 1.82) is 0 Å². The molecule has 4 rings (SSSR count). The molecule has 7 heteroatoms. The molecule has 4 saturated carbocycles. The van der Waals surface area contributed by atoms with Crippen molar-refractivity contribution in [1.82, 2.24) is 0 Å². The summed E-state index contributed by atoms with van der Waals surface area (Å²) >= 11 is 0. The summed E-state index contributed by atoms with van der Waals surface area (Å²) in [5.41, 5.74) is -1.32. The average Bonchev–Trinajstić information content (AvgIpc) is 3.01. The lowest BCUT2D eigenvalue weighted by molar-refractivity contribution is -0.339. The number of carbonyl (C=O) groups is 1. The number of aliphatic hydroxyl groups is 5. The third-order valence-corrected chi connectivity index (χ3v) is 10.5. The zero-order valence-corrected chi connectivity index (χ0v) is 18.9. The van der Waals surface area contributed by atoms with E-state index in [-0.39, 0.29) is 48.3 Å². The summed E-state index contributed by atoms with van der Waals surface area (Å²) in [4.78, 5) is 11.1. The molecular formula is C24H40O7. The van der Waals surface area contributed by atoms with Crippen molar-refractivity contribution in [2.75, 3.05) is 0 Å². The van der Waals surface area contributed by atoms with Crippen molar-refractivity contribution in [3.63, 3.8) is 0 Å². The minimum absolute atomic E-state index is 0.0500. The van der Waals surface area contributed by atoms with Crippen molar-refractivity contribution in [2.24, 2.45) is 46.3 Å². The van der Waals surface area contributed by atoms with Crippen molar-refractivity contribution in [3.8, 4) is 0 Å². The molecule has 4 aliphatic carbocycles. The number of carboxylic acid groups (broad SMARTS) is 1. The van der Waals surface area contributed by atoms with Gasteiger partial charge in [-0.15, -0.1) is 0 Å². The second-order valence-corrected chi connectivity index (χ2v) is 11.7. The van der Waals surface area contributed by atoms with Crippen molar-refractivity contribution in [2.45, 2.75) is 96.2 Å². The van der Waals surface area contributed by atoms with Crippen LogP contribution in [0.2, 0.25) is 0 Å². The zero-order valence-electron chi connectivity index (χ0n) is 18.9. The minimum atomic E-state index is -2.04. The smallest absolute Gasteiger partial charge is 0.303 e. The van der Waals surface area contributed by atoms with Gasteiger partial charge in [0.2, 0.25) is 0 Å². The van der Waals surface area contributed by atoms with Gasteiger partial charge in [0.1, 0.15) is 0 Å². The highest BCUT2D eigenvalue weighted by molar-refractivity contribution is 5.66. The summed E-state index contributed by atoms with van der Waals surface area (Å²) in [6.07, 6.45) is 1.52. The molecule has 0 bridgehead atoms. The maximum absolute atomic E-state index is 11.5. The molecule has 0 saturated heterocycles. The largest absolute Gasteiger partial charge is 0.481 e. The Bertz CT molecular complexity index is 710. The van der Waals surface area contributed by atoms with Crippen LogP contribution in [0.4, 0.5) is 0 Å². The van der Waals surface area contributed by atoms with Crippen molar-refractivity contribution in [3.05, 3.63) is 0 Å². The van der Waals surface area contributed by atoms with Gasteiger partial charge < -0.3 is 30.6 Å². The third-order valence-electron chi connectivity index (χ3n) is 10.5. The highest BCUT2D eigenvalue weighted by Crippen LogP contribution is 2.69. The number of fused-ring (bicyclic) bond motifs is 5. The van der Waals surface area contributed by atoms with E-state index >= 15 is 0 Å². The maximum atomic E-state index is 11.5. The molecular weight excluding hydrogens is 400 g/mol. The summed E-state index contributed by atoms with van der Waals surface area (Å²) < 4.78 is 0. The van der Waals surface area contributed by atoms with Crippen LogP contribution in [0.3, 0.4) is 0 Å². The molecule has 0 aromatic rings. The second-order valence-electron chi connectivity index (χ2n) is 11.7. The highest BCUT2D eigenvalue weighted by Gasteiger charge is 2.70. The molecule has 0 heterocycles. The molecule has 4 aliphatic rings. The molecule has 0 amide bonds. The van der Waals surface area contributed by atoms with Gasteiger partial charge >= 0.3 is 5.97 Å². The lowest BCUT2D eigenvalue weighted by Crippen LogP contribution is -2.69. The van der Waals surface area contributed by atoms with Gasteiger partial charge in [0, 0.05) is 18.3 Å². The van der Waals surface area contributed by atoms with Gasteiger partial charge in [-0.1, -0.05) is 20.8 Å². The first-order valence-electron chi connectivity index (χ1n) is 12.0. The molecule has 0 aromatic carbocycles. The molecule has 0 radical (unpaired) electrons. The predicted octanol–water partition coefficient (Wildman–Crippen LogP) is 1.74. The van der Waals surface area contributed by atoms with Crippen molar-refractivity contribution < 1.29 is 35.4 Å². The standard InChI is InChI=1S/C24H40O7/c1-12(4-7-20(28)29)15-5-6-16-21-17(10-19(27)22(15,16)2)23(3)13(9-18(21)26)8-14(25)11-24(23,30)31/h12-19,21,25-27,30-31H,4-11H2,1-3H3,(H,28,29)/t12-,13+,14+,15-,16?,17?,18?,19+,21?,22-,23+/m1/s1. The Hall–Kier alpha value is -0.730. The van der Waals surface area contributed by atoms with E-state index in [1.54, 1.807) is 0 Å². The van der Waals surface area contributed by atoms with Crippen LogP contribution in [-0.4, -0.2) is 60.7 Å². The molecule has 0 aromatic heterocycles. The number of carboxylic acids is 1. The predicted molar refractivity (Wildman–Crippen MR) is 113 cm³/mol. The van der Waals surface area contributed by atoms with E-state index in [0.29, 0.717) is 25.7 Å². The Morgan fingerprint density at radius 1 is 1.03 bits per heavy atom. The van der Waals surface area contributed by atoms with Crippen LogP contribution in [0.1, 0.15) is 72.1 Å². The molecule has 0 spiro atoms. The van der Waals surface area contributed by atoms with E-state index in [0.717, 1.165) is 12.8 Å². The summed E-state index contributed by atoms with van der Waals surface area (Å²) in [7, 11) is 0. The van der Waals surface area contributed by atoms with Gasteiger partial charge in [0.15, 0.2) is 5.79 Å². The van der Waals surface area contributed by atoms with Gasteiger partial charge in [0.25, 0.3) is 0 Å². The lowest BCUT2D eigenvalue weighted by atomic mass is 9.41. The SMILES string of the molecule is C[C@H](CCC(=O)O)[C@H]1CCC2C3C(O)C[C@@H]4C[C@H](O)CC(O)(O)[C@]4(C)C3C[C@H](O)[C@@]21C. The molecule has 11 atom stereocenters. The van der Waals surface area contributed by atoms with Crippen LogP contribution >= 0.6 is 0 Å². The molecule has 0 aliphatic heterocycles. The van der Waals surface area contributed by atoms with Gasteiger partial charge in [0.05, 0.1) is 18.3 Å². The zero-order chi connectivity index (χ0) is 22.9. The van der Waals surface area contributed by atoms with Crippen LogP contribution < -0.4 is 0 Å². The Balaban J connectivity index is 1.67. The van der Waals surface area contributed by atoms with E-state index in [1.807, 2.05) is 6.92 Å². The molecule has 4 fully saturated rings. The maximum Gasteiger partial charge on any atom is 0.303 e. The normalized spacial score (nSPS) is 52.0. The number of aliphatic carboxylic acids is 1. The van der Waals surface area contributed by atoms with Crippen LogP contribution in [0.25, 0.3) is 0 Å². The molecule has 178 valence electrons. The fraction of sp³-hybridized carbons (Fsp3) is 0.958. The van der Waals surface area contributed by atoms with E-state index in [1.165, 1.54) is 0 Å². The van der Waals surface area contributed by atoms with Gasteiger partial charge in [-0.3, -0.25) is 4.79 Å². The van der Waals surface area contributed by atoms with Crippen LogP contribution in [0, 0.1) is 46.3 Å². The summed E-state index contributed by atoms with van der Waals surface area (Å²) in [6.45, 7) is 6.05. The van der Waals surface area contributed by atoms with Crippen molar-refractivity contribution >= 4 is 5.97 Å². The minimum Gasteiger partial charge on any atom is -0.481 e. The highest BCUT2D eigenvalue weighted by atomic mass is 16.5. The van der Waals surface area contributed by atoms with Crippen LogP contribution in [0.5, 0.6) is 0 Å². The summed E-state index contributed by atoms with van der Waals surface area (Å²) in [5, 5.41) is 64.2. The molecule has 31 heavy (non-hydrogen) atoms. The van der Waals surface area contributed by atoms with Crippen LogP contribution in [-0.2, 0) is 4.79 Å². The number of rotatable bonds is 4. The fourth-order valence-electron chi connectivity index (χ4n) is 8.84. The molecule has 4 unspecified atom stereocenters. The summed E-state index contributed by atoms with van der Waals surface area (Å²) in [5.74, 6) is -3.07. The van der Waals surface area contributed by atoms with Crippen LogP contribution in [0.15, 0.2) is 0 Å². The van der Waals surface area contributed by atoms with Gasteiger partial charge in [-0.25, -0.2) is 0 Å². The van der Waals surface area contributed by atoms with Gasteiger partial charge in [-0.05, 0) is 79.4 Å². The Kier molecular flexibility index (Phi) is 5.79. The Labute approximate surface area is 184 Å². The van der Waals surface area contributed by atoms with E-state index in [9.17, 15) is 30.3 Å². The third kappa shape index (κ3) is 3.30. The number of hydrogen-bond acceptors (Lipinski definition) is 6. The van der Waals surface area contributed by atoms with E-state index in [4.69, 9.17) is 5.11 Å². The van der Waals surface area contributed by atoms with Gasteiger partial charge in [-0.2, -0.15) is 0 Å².